The number of unbranched alkanes of at least 4 members (excludes halogenated alkanes) is 19. The molecule has 0 radical (unpaired) electrons. The summed E-state index contributed by atoms with van der Waals surface area (Å²) >= 11 is 0. The van der Waals surface area contributed by atoms with Crippen molar-refractivity contribution in [3.63, 3.8) is 0 Å². The molecular formula is C41H76N2O4. The molecule has 0 aromatic heterocycles. The zero-order valence-corrected chi connectivity index (χ0v) is 31.1. The summed E-state index contributed by atoms with van der Waals surface area (Å²) in [5, 5.41) is 16.8. The molecule has 274 valence electrons. The Balaban J connectivity index is 4.29. The third kappa shape index (κ3) is 33.8. The molecule has 1 amide bonds. The zero-order valence-electron chi connectivity index (χ0n) is 31.1. The van der Waals surface area contributed by atoms with Gasteiger partial charge in [0.05, 0.1) is 12.1 Å². The molecule has 6 nitrogen and oxygen atoms in total. The fraction of sp³-hybridized carbons (Fsp3) is 0.805. The highest BCUT2D eigenvalue weighted by Gasteiger charge is 2.21. The van der Waals surface area contributed by atoms with Crippen LogP contribution >= 0.6 is 0 Å². The maximum absolute atomic E-state index is 12.7. The number of hydrogen-bond donors (Lipinski definition) is 3. The van der Waals surface area contributed by atoms with Crippen molar-refractivity contribution in [1.82, 2.24) is 10.6 Å². The van der Waals surface area contributed by atoms with Gasteiger partial charge in [0.1, 0.15) is 6.61 Å². The first-order valence-corrected chi connectivity index (χ1v) is 19.8. The summed E-state index contributed by atoms with van der Waals surface area (Å²) in [4.78, 5) is 24.9. The number of carbonyl (C=O) groups excluding carboxylic acids is 2. The molecule has 0 aliphatic rings. The predicted octanol–water partition coefficient (Wildman–Crippen LogP) is 10.4. The second kappa shape index (κ2) is 36.9. The van der Waals surface area contributed by atoms with Crippen molar-refractivity contribution in [3.05, 3.63) is 36.5 Å². The van der Waals surface area contributed by atoms with Crippen LogP contribution in [0.2, 0.25) is 0 Å². The van der Waals surface area contributed by atoms with Crippen molar-refractivity contribution < 1.29 is 19.4 Å². The maximum Gasteiger partial charge on any atom is 0.305 e. The van der Waals surface area contributed by atoms with E-state index in [2.05, 4.69) is 48.8 Å². The SMILES string of the molecule is CCCCC/C=C\C/C=C\CCCCCCCC(=O)NC(COC(=O)CCCNC)C(O)/C=C/CCCCCCCCCCCCC. The van der Waals surface area contributed by atoms with E-state index in [1.165, 1.54) is 103 Å². The van der Waals surface area contributed by atoms with Crippen LogP contribution in [0, 0.1) is 0 Å². The number of nitrogens with one attached hydrogen (secondary N) is 2. The van der Waals surface area contributed by atoms with Crippen molar-refractivity contribution >= 4 is 11.9 Å². The topological polar surface area (TPSA) is 87.7 Å². The summed E-state index contributed by atoms with van der Waals surface area (Å²) in [6.07, 6.45) is 41.3. The molecule has 0 fully saturated rings. The van der Waals surface area contributed by atoms with Gasteiger partial charge in [-0.3, -0.25) is 9.59 Å². The van der Waals surface area contributed by atoms with Crippen LogP contribution in [0.4, 0.5) is 0 Å². The van der Waals surface area contributed by atoms with E-state index in [1.807, 2.05) is 13.1 Å². The Morgan fingerprint density at radius 1 is 0.617 bits per heavy atom. The monoisotopic (exact) mass is 661 g/mol. The number of hydrogen-bond acceptors (Lipinski definition) is 5. The van der Waals surface area contributed by atoms with Gasteiger partial charge in [-0.15, -0.1) is 0 Å². The van der Waals surface area contributed by atoms with Crippen LogP contribution in [0.25, 0.3) is 0 Å². The fourth-order valence-electron chi connectivity index (χ4n) is 5.56. The minimum atomic E-state index is -0.888. The van der Waals surface area contributed by atoms with Crippen molar-refractivity contribution in [2.24, 2.45) is 0 Å². The Labute approximate surface area is 291 Å². The molecule has 0 aliphatic heterocycles. The van der Waals surface area contributed by atoms with E-state index >= 15 is 0 Å². The number of rotatable bonds is 35. The van der Waals surface area contributed by atoms with Gasteiger partial charge in [0, 0.05) is 12.8 Å². The Morgan fingerprint density at radius 2 is 1.11 bits per heavy atom. The summed E-state index contributed by atoms with van der Waals surface area (Å²) in [6.45, 7) is 5.23. The predicted molar refractivity (Wildman–Crippen MR) is 202 cm³/mol. The van der Waals surface area contributed by atoms with Gasteiger partial charge in [-0.1, -0.05) is 147 Å². The molecule has 6 heteroatoms. The molecule has 3 N–H and O–H groups in total. The summed E-state index contributed by atoms with van der Waals surface area (Å²) in [7, 11) is 1.85. The first kappa shape index (κ1) is 45.1. The van der Waals surface area contributed by atoms with E-state index < -0.39 is 12.1 Å². The van der Waals surface area contributed by atoms with Crippen LogP contribution in [0.15, 0.2) is 36.5 Å². The summed E-state index contributed by atoms with van der Waals surface area (Å²) < 4.78 is 5.44. The maximum atomic E-state index is 12.7. The van der Waals surface area contributed by atoms with Crippen LogP contribution in [-0.2, 0) is 14.3 Å². The van der Waals surface area contributed by atoms with Gasteiger partial charge in [0.2, 0.25) is 5.91 Å². The van der Waals surface area contributed by atoms with E-state index in [1.54, 1.807) is 6.08 Å². The van der Waals surface area contributed by atoms with Crippen LogP contribution in [0.1, 0.15) is 181 Å². The molecule has 0 spiro atoms. The molecule has 0 aromatic rings. The number of allylic oxidation sites excluding steroid dienone is 5. The van der Waals surface area contributed by atoms with Gasteiger partial charge in [-0.2, -0.15) is 0 Å². The smallest absolute Gasteiger partial charge is 0.305 e. The number of aliphatic hydroxyl groups excluding tert-OH is 1. The Morgan fingerprint density at radius 3 is 1.68 bits per heavy atom. The summed E-state index contributed by atoms with van der Waals surface area (Å²) in [6, 6.07) is -0.637. The zero-order chi connectivity index (χ0) is 34.5. The van der Waals surface area contributed by atoms with Crippen LogP contribution < -0.4 is 10.6 Å². The van der Waals surface area contributed by atoms with Crippen molar-refractivity contribution in [2.75, 3.05) is 20.2 Å². The van der Waals surface area contributed by atoms with Crippen LogP contribution in [-0.4, -0.2) is 49.3 Å². The second-order valence-corrected chi connectivity index (χ2v) is 13.3. The van der Waals surface area contributed by atoms with E-state index in [-0.39, 0.29) is 18.5 Å². The summed E-state index contributed by atoms with van der Waals surface area (Å²) in [5.41, 5.74) is 0. The van der Waals surface area contributed by atoms with E-state index in [0.717, 1.165) is 51.5 Å². The number of aliphatic hydroxyl groups is 1. The molecule has 0 rings (SSSR count). The van der Waals surface area contributed by atoms with Gasteiger partial charge in [-0.05, 0) is 71.4 Å². The number of ether oxygens (including phenoxy) is 1. The van der Waals surface area contributed by atoms with Gasteiger partial charge in [0.25, 0.3) is 0 Å². The van der Waals surface area contributed by atoms with E-state index in [0.29, 0.717) is 19.3 Å². The molecule has 0 aromatic carbocycles. The third-order valence-electron chi connectivity index (χ3n) is 8.65. The number of carbonyl (C=O) groups is 2. The fourth-order valence-corrected chi connectivity index (χ4v) is 5.56. The molecular weight excluding hydrogens is 584 g/mol. The first-order chi connectivity index (χ1) is 23.0. The average molecular weight is 661 g/mol. The lowest BCUT2D eigenvalue weighted by atomic mass is 10.0. The minimum absolute atomic E-state index is 0.0176. The molecule has 2 atom stereocenters. The average Bonchev–Trinajstić information content (AvgIpc) is 3.06. The molecule has 0 saturated heterocycles. The van der Waals surface area contributed by atoms with Crippen LogP contribution in [0.5, 0.6) is 0 Å². The Hall–Kier alpha value is -1.92. The molecule has 0 heterocycles. The molecule has 0 aliphatic carbocycles. The number of amides is 1. The van der Waals surface area contributed by atoms with Gasteiger partial charge >= 0.3 is 5.97 Å². The first-order valence-electron chi connectivity index (χ1n) is 19.8. The highest BCUT2D eigenvalue weighted by atomic mass is 16.5. The van der Waals surface area contributed by atoms with E-state index in [9.17, 15) is 14.7 Å². The highest BCUT2D eigenvalue weighted by Crippen LogP contribution is 2.13. The van der Waals surface area contributed by atoms with Gasteiger partial charge in [-0.25, -0.2) is 0 Å². The van der Waals surface area contributed by atoms with Crippen molar-refractivity contribution in [3.8, 4) is 0 Å². The lowest BCUT2D eigenvalue weighted by Gasteiger charge is -2.22. The van der Waals surface area contributed by atoms with Crippen molar-refractivity contribution in [1.29, 1.82) is 0 Å². The van der Waals surface area contributed by atoms with Crippen LogP contribution in [0.3, 0.4) is 0 Å². The minimum Gasteiger partial charge on any atom is -0.463 e. The quantitative estimate of drug-likeness (QED) is 0.0358. The summed E-state index contributed by atoms with van der Waals surface area (Å²) in [5.74, 6) is -0.393. The standard InChI is InChI=1S/C41H76N2O4/c1-4-6-8-10-12-14-16-18-19-21-23-25-27-29-31-34-40(45)43-38(37-47-41(46)35-32-36-42-3)39(44)33-30-28-26-24-22-20-17-15-13-11-9-7-5-2/h12,14,18-19,30,33,38-39,42,44H,4-11,13,15-17,20-29,31-32,34-37H2,1-3H3,(H,43,45)/b14-12-,19-18-,33-30+. The van der Waals surface area contributed by atoms with Gasteiger partial charge < -0.3 is 20.5 Å². The second-order valence-electron chi connectivity index (χ2n) is 13.3. The molecule has 47 heavy (non-hydrogen) atoms. The molecule has 0 bridgehead atoms. The molecule has 0 saturated carbocycles. The highest BCUT2D eigenvalue weighted by molar-refractivity contribution is 5.76. The normalized spacial score (nSPS) is 13.2. The third-order valence-corrected chi connectivity index (χ3v) is 8.65. The Bertz CT molecular complexity index is 779. The largest absolute Gasteiger partial charge is 0.463 e. The number of esters is 1. The Kier molecular flexibility index (Phi) is 35.4. The molecule has 2 unspecified atom stereocenters. The van der Waals surface area contributed by atoms with E-state index in [4.69, 9.17) is 4.74 Å². The lowest BCUT2D eigenvalue weighted by Crippen LogP contribution is -2.46. The van der Waals surface area contributed by atoms with Crippen molar-refractivity contribution in [2.45, 2.75) is 193 Å². The van der Waals surface area contributed by atoms with Gasteiger partial charge in [0.15, 0.2) is 0 Å². The lowest BCUT2D eigenvalue weighted by molar-refractivity contribution is -0.146.